The van der Waals surface area contributed by atoms with Crippen molar-refractivity contribution in [3.8, 4) is 0 Å². The summed E-state index contributed by atoms with van der Waals surface area (Å²) in [5, 5.41) is 1.06. The van der Waals surface area contributed by atoms with Gasteiger partial charge in [0, 0.05) is 0 Å². The molecule has 54 valence electrons. The molecule has 0 radical (unpaired) electrons. The van der Waals surface area contributed by atoms with Crippen LogP contribution in [-0.4, -0.2) is 15.0 Å². The first-order chi connectivity index (χ1) is 4.84. The number of rotatable bonds is 2. The summed E-state index contributed by atoms with van der Waals surface area (Å²) in [6, 6.07) is 6.99. The molecule has 0 fully saturated rings. The maximum absolute atomic E-state index is 12.8. The van der Waals surface area contributed by atoms with E-state index in [0.29, 0.717) is 15.0 Å². The fourth-order valence-electron chi connectivity index (χ4n) is 0.717. The molecule has 0 aliphatic heterocycles. The van der Waals surface area contributed by atoms with E-state index < -0.39 is 0 Å². The van der Waals surface area contributed by atoms with Gasteiger partial charge >= 0.3 is 66.1 Å². The molecule has 0 aliphatic rings. The van der Waals surface area contributed by atoms with Crippen molar-refractivity contribution in [2.24, 2.45) is 0 Å². The molecule has 10 heavy (non-hydrogen) atoms. The second kappa shape index (κ2) is 3.74. The van der Waals surface area contributed by atoms with Gasteiger partial charge in [0.05, 0.1) is 0 Å². The summed E-state index contributed by atoms with van der Waals surface area (Å²) < 4.78 is 13.7. The van der Waals surface area contributed by atoms with Gasteiger partial charge in [0.15, 0.2) is 0 Å². The van der Waals surface area contributed by atoms with Crippen LogP contribution >= 0.6 is 0 Å². The Bertz CT molecular complexity index is 210. The van der Waals surface area contributed by atoms with Crippen LogP contribution in [0.3, 0.4) is 0 Å². The molecule has 0 unspecified atom stereocenters. The van der Waals surface area contributed by atoms with Crippen LogP contribution in [0.1, 0.15) is 6.92 Å². The minimum absolute atomic E-state index is 0.0515. The van der Waals surface area contributed by atoms with E-state index in [1.807, 2.05) is 12.1 Å². The van der Waals surface area contributed by atoms with Gasteiger partial charge < -0.3 is 0 Å². The zero-order chi connectivity index (χ0) is 7.40. The summed E-state index contributed by atoms with van der Waals surface area (Å²) in [4.78, 5) is 0. The first kappa shape index (κ1) is 7.77. The van der Waals surface area contributed by atoms with Crippen molar-refractivity contribution in [2.45, 2.75) is 12.2 Å². The van der Waals surface area contributed by atoms with Crippen LogP contribution in [0, 0.1) is 5.82 Å². The van der Waals surface area contributed by atoms with Crippen molar-refractivity contribution in [3.05, 3.63) is 30.1 Å². The Morgan fingerprint density at radius 1 is 1.40 bits per heavy atom. The van der Waals surface area contributed by atoms with Gasteiger partial charge in [0.25, 0.3) is 0 Å². The molecule has 0 amide bonds. The van der Waals surface area contributed by atoms with Crippen LogP contribution in [-0.2, 0) is 0 Å². The Morgan fingerprint density at radius 2 is 2.10 bits per heavy atom. The van der Waals surface area contributed by atoms with Gasteiger partial charge in [-0.15, -0.1) is 0 Å². The van der Waals surface area contributed by atoms with Gasteiger partial charge in [-0.1, -0.05) is 0 Å². The van der Waals surface area contributed by atoms with Crippen LogP contribution < -0.4 is 4.46 Å². The van der Waals surface area contributed by atoms with Crippen molar-refractivity contribution in [1.82, 2.24) is 0 Å². The Morgan fingerprint density at radius 3 is 2.70 bits per heavy atom. The topological polar surface area (TPSA) is 0 Å². The van der Waals surface area contributed by atoms with Crippen LogP contribution in [0.15, 0.2) is 24.3 Å². The molecule has 1 aromatic carbocycles. The van der Waals surface area contributed by atoms with Crippen LogP contribution in [0.4, 0.5) is 4.39 Å². The number of halogens is 1. The van der Waals surface area contributed by atoms with Gasteiger partial charge in [0.2, 0.25) is 0 Å². The molecule has 1 aromatic rings. The van der Waals surface area contributed by atoms with E-state index in [1.54, 1.807) is 6.07 Å². The van der Waals surface area contributed by atoms with Crippen molar-refractivity contribution >= 4 is 19.4 Å². The van der Waals surface area contributed by atoms with Crippen LogP contribution in [0.25, 0.3) is 0 Å². The summed E-state index contributed by atoms with van der Waals surface area (Å²) >= 11 is 0.325. The molecule has 0 atom stereocenters. The standard InChI is InChI=1S/C8H9FSe/c1-2-10-8-6-4-3-5-7(8)9/h3-6H,2H2,1H3. The zero-order valence-electron chi connectivity index (χ0n) is 5.80. The van der Waals surface area contributed by atoms with Crippen molar-refractivity contribution in [1.29, 1.82) is 0 Å². The van der Waals surface area contributed by atoms with Crippen molar-refractivity contribution in [2.75, 3.05) is 0 Å². The van der Waals surface area contributed by atoms with Gasteiger partial charge in [-0.3, -0.25) is 0 Å². The fraction of sp³-hybridized carbons (Fsp3) is 0.250. The Labute approximate surface area is 66.6 Å². The average Bonchev–Trinajstić information content (AvgIpc) is 1.94. The van der Waals surface area contributed by atoms with E-state index >= 15 is 0 Å². The van der Waals surface area contributed by atoms with E-state index in [2.05, 4.69) is 6.92 Å². The van der Waals surface area contributed by atoms with Gasteiger partial charge in [-0.25, -0.2) is 0 Å². The number of hydrogen-bond donors (Lipinski definition) is 0. The molecule has 0 saturated carbocycles. The van der Waals surface area contributed by atoms with Crippen molar-refractivity contribution in [3.63, 3.8) is 0 Å². The third-order valence-corrected chi connectivity index (χ3v) is 3.09. The second-order valence-electron chi connectivity index (χ2n) is 1.86. The van der Waals surface area contributed by atoms with Crippen LogP contribution in [0.5, 0.6) is 0 Å². The molecule has 0 bridgehead atoms. The molecule has 0 heterocycles. The number of hydrogen-bond acceptors (Lipinski definition) is 0. The SMILES string of the molecule is CC[Se]c1ccccc1F. The molecule has 0 nitrogen and oxygen atoms in total. The van der Waals surface area contributed by atoms with Gasteiger partial charge in [-0.05, 0) is 0 Å². The molecule has 0 spiro atoms. The van der Waals surface area contributed by atoms with Crippen molar-refractivity contribution < 1.29 is 4.39 Å². The summed E-state index contributed by atoms with van der Waals surface area (Å²) in [6.45, 7) is 2.08. The second-order valence-corrected chi connectivity index (χ2v) is 4.60. The summed E-state index contributed by atoms with van der Waals surface area (Å²) in [6.07, 6.45) is 0. The predicted octanol–water partition coefficient (Wildman–Crippen LogP) is 1.59. The Balaban J connectivity index is 2.81. The van der Waals surface area contributed by atoms with Crippen LogP contribution in [0.2, 0.25) is 5.32 Å². The molecular formula is C8H9FSe. The normalized spacial score (nSPS) is 9.80. The first-order valence-electron chi connectivity index (χ1n) is 3.22. The summed E-state index contributed by atoms with van der Waals surface area (Å²) in [7, 11) is 0. The molecule has 2 heteroatoms. The third kappa shape index (κ3) is 1.83. The van der Waals surface area contributed by atoms with E-state index in [9.17, 15) is 4.39 Å². The number of benzene rings is 1. The molecule has 1 rings (SSSR count). The Hall–Kier alpha value is -0.331. The molecule has 0 aliphatic carbocycles. The third-order valence-electron chi connectivity index (χ3n) is 1.14. The molecule has 0 saturated heterocycles. The summed E-state index contributed by atoms with van der Waals surface area (Å²) in [5.74, 6) is -0.0515. The first-order valence-corrected chi connectivity index (χ1v) is 5.28. The van der Waals surface area contributed by atoms with E-state index in [0.717, 1.165) is 9.78 Å². The molecular weight excluding hydrogens is 194 g/mol. The monoisotopic (exact) mass is 204 g/mol. The van der Waals surface area contributed by atoms with Gasteiger partial charge in [-0.2, -0.15) is 0 Å². The van der Waals surface area contributed by atoms with Gasteiger partial charge in [0.1, 0.15) is 0 Å². The quantitative estimate of drug-likeness (QED) is 0.640. The molecule has 0 aromatic heterocycles. The van der Waals surface area contributed by atoms with E-state index in [1.165, 1.54) is 6.07 Å². The van der Waals surface area contributed by atoms with E-state index in [-0.39, 0.29) is 5.82 Å². The Kier molecular flexibility index (Phi) is 2.91. The maximum atomic E-state index is 12.8. The predicted molar refractivity (Wildman–Crippen MR) is 42.3 cm³/mol. The fourth-order valence-corrected chi connectivity index (χ4v) is 2.17. The van der Waals surface area contributed by atoms with E-state index in [4.69, 9.17) is 0 Å². The average molecular weight is 203 g/mol. The summed E-state index contributed by atoms with van der Waals surface area (Å²) in [5.41, 5.74) is 0. The molecule has 0 N–H and O–H groups in total. The zero-order valence-corrected chi connectivity index (χ0v) is 7.52. The minimum atomic E-state index is -0.0515.